The minimum atomic E-state index is 0. The van der Waals surface area contributed by atoms with E-state index in [2.05, 4.69) is 23.8 Å². The zero-order valence-corrected chi connectivity index (χ0v) is 18.6. The second-order valence-electron chi connectivity index (χ2n) is 3.36. The van der Waals surface area contributed by atoms with Crippen LogP contribution in [-0.4, -0.2) is 20.3 Å². The van der Waals surface area contributed by atoms with E-state index in [0.717, 1.165) is 37.2 Å². The van der Waals surface area contributed by atoms with Gasteiger partial charge in [-0.3, -0.25) is 0 Å². The van der Waals surface area contributed by atoms with Crippen LogP contribution >= 0.6 is 23.5 Å². The first-order valence-electron chi connectivity index (χ1n) is 6.15. The SMILES string of the molecule is CCCCSC([S-])=NC#N.CCCCSC([S-])=NC#N.[Zn+2]. The topological polar surface area (TPSA) is 72.3 Å². The van der Waals surface area contributed by atoms with E-state index in [0.29, 0.717) is 8.75 Å². The molecule has 0 unspecified atom stereocenters. The summed E-state index contributed by atoms with van der Waals surface area (Å²) in [7, 11) is 0. The second-order valence-corrected chi connectivity index (χ2v) is 6.82. The Bertz CT molecular complexity index is 338. The van der Waals surface area contributed by atoms with Crippen molar-refractivity contribution < 1.29 is 19.5 Å². The van der Waals surface area contributed by atoms with Crippen molar-refractivity contribution in [3.05, 3.63) is 0 Å². The fourth-order valence-corrected chi connectivity index (χ4v) is 2.76. The molecule has 0 rings (SSSR count). The summed E-state index contributed by atoms with van der Waals surface area (Å²) in [5.74, 6) is 1.95. The maximum atomic E-state index is 8.08. The Balaban J connectivity index is -0.000000295. The van der Waals surface area contributed by atoms with Gasteiger partial charge in [0.2, 0.25) is 12.4 Å². The molecule has 0 aliphatic rings. The molecule has 112 valence electrons. The van der Waals surface area contributed by atoms with Gasteiger partial charge < -0.3 is 25.3 Å². The van der Waals surface area contributed by atoms with Crippen molar-refractivity contribution in [2.24, 2.45) is 9.98 Å². The summed E-state index contributed by atoms with van der Waals surface area (Å²) in [6, 6.07) is 0. The van der Waals surface area contributed by atoms with Gasteiger partial charge in [0.1, 0.15) is 0 Å². The van der Waals surface area contributed by atoms with Gasteiger partial charge in [-0.05, 0) is 33.1 Å². The van der Waals surface area contributed by atoms with E-state index in [1.54, 1.807) is 12.4 Å². The summed E-state index contributed by atoms with van der Waals surface area (Å²) in [5.41, 5.74) is 0. The summed E-state index contributed by atoms with van der Waals surface area (Å²) < 4.78 is 0.909. The maximum Gasteiger partial charge on any atom is 2.00 e. The smallest absolute Gasteiger partial charge is 0.752 e. The summed E-state index contributed by atoms with van der Waals surface area (Å²) in [5, 5.41) is 16.2. The zero-order valence-electron chi connectivity index (χ0n) is 12.4. The van der Waals surface area contributed by atoms with Gasteiger partial charge in [0.05, 0.1) is 0 Å². The molecule has 0 radical (unpaired) electrons. The van der Waals surface area contributed by atoms with Crippen LogP contribution in [0.1, 0.15) is 39.5 Å². The van der Waals surface area contributed by atoms with Crippen LogP contribution < -0.4 is 0 Å². The average Bonchev–Trinajstić information content (AvgIpc) is 2.41. The number of nitriles is 2. The van der Waals surface area contributed by atoms with Crippen molar-refractivity contribution in [1.82, 2.24) is 0 Å². The van der Waals surface area contributed by atoms with Crippen LogP contribution in [-0.2, 0) is 44.7 Å². The van der Waals surface area contributed by atoms with Crippen LogP contribution in [0.4, 0.5) is 0 Å². The minimum Gasteiger partial charge on any atom is -0.752 e. The Morgan fingerprint density at radius 1 is 0.905 bits per heavy atom. The first kappa shape index (κ1) is 26.0. The summed E-state index contributed by atoms with van der Waals surface area (Å²) >= 11 is 12.4. The molecular formula is C12H18N4S4Zn. The predicted octanol–water partition coefficient (Wildman–Crippen LogP) is 3.80. The molecule has 9 heteroatoms. The monoisotopic (exact) mass is 410 g/mol. The van der Waals surface area contributed by atoms with Crippen molar-refractivity contribution in [2.45, 2.75) is 39.5 Å². The number of rotatable bonds is 6. The Morgan fingerprint density at radius 3 is 1.48 bits per heavy atom. The molecule has 0 bridgehead atoms. The normalized spacial score (nSPS) is 10.5. The number of hydrogen-bond acceptors (Lipinski definition) is 8. The van der Waals surface area contributed by atoms with Gasteiger partial charge >= 0.3 is 19.5 Å². The van der Waals surface area contributed by atoms with Crippen molar-refractivity contribution in [2.75, 3.05) is 11.5 Å². The fourth-order valence-electron chi connectivity index (χ4n) is 0.754. The number of hydrogen-bond donors (Lipinski definition) is 0. The van der Waals surface area contributed by atoms with E-state index in [4.69, 9.17) is 35.8 Å². The number of aliphatic imine (C=N–C) groups is 2. The molecule has 0 fully saturated rings. The van der Waals surface area contributed by atoms with Crippen LogP contribution in [0.2, 0.25) is 0 Å². The number of thioether (sulfide) groups is 2. The van der Waals surface area contributed by atoms with E-state index in [1.165, 1.54) is 23.5 Å². The summed E-state index contributed by atoms with van der Waals surface area (Å²) in [6.45, 7) is 4.23. The van der Waals surface area contributed by atoms with E-state index >= 15 is 0 Å². The van der Waals surface area contributed by atoms with Crippen molar-refractivity contribution in [3.8, 4) is 12.4 Å². The Morgan fingerprint density at radius 2 is 1.24 bits per heavy atom. The van der Waals surface area contributed by atoms with E-state index in [1.807, 2.05) is 0 Å². The molecule has 0 aliphatic heterocycles. The van der Waals surface area contributed by atoms with Crippen LogP contribution in [0.15, 0.2) is 9.98 Å². The van der Waals surface area contributed by atoms with Gasteiger partial charge in [-0.2, -0.15) is 20.5 Å². The van der Waals surface area contributed by atoms with Crippen LogP contribution in [0, 0.1) is 22.9 Å². The second kappa shape index (κ2) is 22.4. The van der Waals surface area contributed by atoms with E-state index < -0.39 is 0 Å². The summed E-state index contributed by atoms with van der Waals surface area (Å²) in [4.78, 5) is 6.79. The molecule has 4 nitrogen and oxygen atoms in total. The Labute approximate surface area is 160 Å². The van der Waals surface area contributed by atoms with Gasteiger partial charge in [-0.1, -0.05) is 26.7 Å². The standard InChI is InChI=1S/2C6H10N2S2.Zn/c2*1-2-3-4-10-6(9)8-5-7;/h2*2-4H2,1H3,(H,8,9);/q;;+2/p-2. The molecule has 0 amide bonds. The largest absolute Gasteiger partial charge is 2.00 e. The van der Waals surface area contributed by atoms with Crippen LogP contribution in [0.3, 0.4) is 0 Å². The molecule has 0 heterocycles. The average molecular weight is 412 g/mol. The first-order chi connectivity index (χ1) is 9.62. The van der Waals surface area contributed by atoms with Gasteiger partial charge in [0.15, 0.2) is 0 Å². The third kappa shape index (κ3) is 25.4. The van der Waals surface area contributed by atoms with Gasteiger partial charge in [-0.25, -0.2) is 0 Å². The molecule has 21 heavy (non-hydrogen) atoms. The maximum absolute atomic E-state index is 8.08. The van der Waals surface area contributed by atoms with E-state index in [9.17, 15) is 0 Å². The van der Waals surface area contributed by atoms with Crippen molar-refractivity contribution in [1.29, 1.82) is 10.5 Å². The number of nitrogens with zero attached hydrogens (tertiary/aromatic N) is 4. The predicted molar refractivity (Wildman–Crippen MR) is 95.6 cm³/mol. The number of unbranched alkanes of at least 4 members (excludes halogenated alkanes) is 2. The van der Waals surface area contributed by atoms with Crippen LogP contribution in [0.5, 0.6) is 0 Å². The summed E-state index contributed by atoms with van der Waals surface area (Å²) in [6.07, 6.45) is 7.89. The van der Waals surface area contributed by atoms with Crippen molar-refractivity contribution in [3.63, 3.8) is 0 Å². The minimum absolute atomic E-state index is 0. The van der Waals surface area contributed by atoms with Crippen LogP contribution in [0.25, 0.3) is 0 Å². The van der Waals surface area contributed by atoms with Gasteiger partial charge in [0.25, 0.3) is 0 Å². The van der Waals surface area contributed by atoms with Gasteiger partial charge in [0, 0.05) is 0 Å². The molecule has 0 aliphatic carbocycles. The molecule has 0 aromatic rings. The molecule has 0 atom stereocenters. The molecule has 0 aromatic carbocycles. The van der Waals surface area contributed by atoms with E-state index in [-0.39, 0.29) is 19.5 Å². The molecule has 0 aromatic heterocycles. The van der Waals surface area contributed by atoms with Gasteiger partial charge in [-0.15, -0.1) is 23.5 Å². The van der Waals surface area contributed by atoms with Crippen molar-refractivity contribution >= 4 is 57.5 Å². The Kier molecular flexibility index (Phi) is 27.7. The third-order valence-electron chi connectivity index (χ3n) is 1.73. The third-order valence-corrected chi connectivity index (χ3v) is 4.28. The fraction of sp³-hybridized carbons (Fsp3) is 0.667. The molecular weight excluding hydrogens is 394 g/mol. The Hall–Kier alpha value is 0.0834. The molecule has 0 saturated heterocycles. The molecule has 0 spiro atoms. The molecule has 0 saturated carbocycles. The first-order valence-corrected chi connectivity index (χ1v) is 8.94. The molecule has 0 N–H and O–H groups in total. The quantitative estimate of drug-likeness (QED) is 0.165. The zero-order chi connectivity index (χ0) is 15.6.